The molecule has 1 amide bonds. The van der Waals surface area contributed by atoms with Crippen molar-refractivity contribution in [1.82, 2.24) is 15.1 Å². The molecule has 5 rings (SSSR count). The van der Waals surface area contributed by atoms with Gasteiger partial charge in [0, 0.05) is 42.2 Å². The quantitative estimate of drug-likeness (QED) is 0.583. The minimum atomic E-state index is -0.650. The summed E-state index contributed by atoms with van der Waals surface area (Å²) in [4.78, 5) is 21.1. The van der Waals surface area contributed by atoms with Crippen LogP contribution in [-0.2, 0) is 4.79 Å². The van der Waals surface area contributed by atoms with Crippen molar-refractivity contribution in [1.29, 1.82) is 0 Å². The molecule has 1 aliphatic rings. The van der Waals surface area contributed by atoms with Gasteiger partial charge >= 0.3 is 0 Å². The van der Waals surface area contributed by atoms with Crippen LogP contribution in [0.25, 0.3) is 22.4 Å². The highest BCUT2D eigenvalue weighted by Crippen LogP contribution is 2.33. The van der Waals surface area contributed by atoms with Gasteiger partial charge in [-0.3, -0.25) is 4.79 Å². The van der Waals surface area contributed by atoms with Gasteiger partial charge in [-0.15, -0.1) is 0 Å². The largest absolute Gasteiger partial charge is 0.361 e. The van der Waals surface area contributed by atoms with Gasteiger partial charge in [-0.1, -0.05) is 11.2 Å². The van der Waals surface area contributed by atoms with Gasteiger partial charge in [-0.25, -0.2) is 8.78 Å². The second-order valence-electron chi connectivity index (χ2n) is 6.74. The summed E-state index contributed by atoms with van der Waals surface area (Å²) in [5.41, 5.74) is 1.63. The molecule has 4 aromatic rings. The smallest absolute Gasteiger partial charge is 0.258 e. The van der Waals surface area contributed by atoms with Gasteiger partial charge in [0.25, 0.3) is 5.89 Å². The molecule has 8 heteroatoms. The number of benzene rings is 2. The summed E-state index contributed by atoms with van der Waals surface area (Å²) >= 11 is 0. The van der Waals surface area contributed by atoms with Gasteiger partial charge in [0.1, 0.15) is 11.6 Å². The average molecular weight is 380 g/mol. The molecule has 6 nitrogen and oxygen atoms in total. The maximum absolute atomic E-state index is 14.0. The van der Waals surface area contributed by atoms with Crippen LogP contribution in [0.1, 0.15) is 18.2 Å². The zero-order valence-electron chi connectivity index (χ0n) is 14.5. The van der Waals surface area contributed by atoms with Gasteiger partial charge < -0.3 is 14.4 Å². The highest BCUT2D eigenvalue weighted by molar-refractivity contribution is 5.96. The van der Waals surface area contributed by atoms with Crippen LogP contribution >= 0.6 is 0 Å². The molecule has 1 N–H and O–H groups in total. The number of nitrogens with zero attached hydrogens (tertiary/aromatic N) is 3. The van der Waals surface area contributed by atoms with Crippen LogP contribution in [0.3, 0.4) is 0 Å². The fraction of sp³-hybridized carbons (Fsp3) is 0.150. The first-order valence-electron chi connectivity index (χ1n) is 8.75. The Hall–Kier alpha value is -3.55. The molecular weight excluding hydrogens is 366 g/mol. The minimum Gasteiger partial charge on any atom is -0.361 e. The molecule has 2 aromatic heterocycles. The normalized spacial score (nSPS) is 17.0. The first kappa shape index (κ1) is 16.6. The highest BCUT2D eigenvalue weighted by atomic mass is 19.1. The lowest BCUT2D eigenvalue weighted by Crippen LogP contribution is -2.25. The van der Waals surface area contributed by atoms with Gasteiger partial charge in [0.2, 0.25) is 5.91 Å². The van der Waals surface area contributed by atoms with Crippen LogP contribution in [-0.4, -0.2) is 27.6 Å². The van der Waals surface area contributed by atoms with E-state index in [0.29, 0.717) is 11.7 Å². The lowest BCUT2D eigenvalue weighted by molar-refractivity contribution is -0.117. The molecule has 0 aliphatic carbocycles. The first-order chi connectivity index (χ1) is 13.6. The van der Waals surface area contributed by atoms with Crippen molar-refractivity contribution in [2.24, 2.45) is 0 Å². The number of H-pyrrole nitrogens is 1. The molecule has 3 heterocycles. The first-order valence-corrected chi connectivity index (χ1v) is 8.75. The maximum Gasteiger partial charge on any atom is 0.258 e. The van der Waals surface area contributed by atoms with E-state index in [4.69, 9.17) is 4.52 Å². The fourth-order valence-corrected chi connectivity index (χ4v) is 3.50. The van der Waals surface area contributed by atoms with Crippen molar-refractivity contribution < 1.29 is 18.1 Å². The minimum absolute atomic E-state index is 0.0755. The highest BCUT2D eigenvalue weighted by Gasteiger charge is 2.36. The van der Waals surface area contributed by atoms with Crippen LogP contribution < -0.4 is 4.90 Å². The Morgan fingerprint density at radius 3 is 2.93 bits per heavy atom. The van der Waals surface area contributed by atoms with Crippen LogP contribution in [0.15, 0.2) is 53.2 Å². The molecule has 1 aliphatic heterocycles. The number of hydrogen-bond donors (Lipinski definition) is 1. The Morgan fingerprint density at radius 1 is 1.14 bits per heavy atom. The number of aromatic amines is 1. The number of fused-ring (bicyclic) bond motifs is 1. The van der Waals surface area contributed by atoms with E-state index in [9.17, 15) is 13.6 Å². The van der Waals surface area contributed by atoms with Crippen molar-refractivity contribution >= 4 is 22.5 Å². The zero-order valence-corrected chi connectivity index (χ0v) is 14.5. The summed E-state index contributed by atoms with van der Waals surface area (Å²) in [6.45, 7) is 0.161. The van der Waals surface area contributed by atoms with Crippen LogP contribution in [0, 0.1) is 11.6 Å². The van der Waals surface area contributed by atoms with Gasteiger partial charge in [0.15, 0.2) is 5.82 Å². The average Bonchev–Trinajstić information content (AvgIpc) is 3.42. The van der Waals surface area contributed by atoms with E-state index in [1.54, 1.807) is 0 Å². The molecule has 1 saturated heterocycles. The SMILES string of the molecule is O=C1CC(c2noc(-c3ccc4cc[nH]c4c3)n2)CN1c1cc(F)ccc1F. The number of nitrogens with one attached hydrogen (secondary N) is 1. The topological polar surface area (TPSA) is 75.0 Å². The third-order valence-electron chi connectivity index (χ3n) is 4.93. The lowest BCUT2D eigenvalue weighted by Gasteiger charge is -2.16. The Bertz CT molecular complexity index is 1200. The van der Waals surface area contributed by atoms with E-state index in [-0.39, 0.29) is 30.5 Å². The standard InChI is InChI=1S/C20H14F2N4O2/c21-14-3-4-15(22)17(9-14)26-10-13(8-18(26)27)19-24-20(28-25-19)12-2-1-11-5-6-23-16(11)7-12/h1-7,9,13,23H,8,10H2. The summed E-state index contributed by atoms with van der Waals surface area (Å²) < 4.78 is 32.9. The van der Waals surface area contributed by atoms with Crippen molar-refractivity contribution in [2.45, 2.75) is 12.3 Å². The van der Waals surface area contributed by atoms with Crippen LogP contribution in [0.5, 0.6) is 0 Å². The number of carbonyl (C=O) groups is 1. The van der Waals surface area contributed by atoms with Gasteiger partial charge in [-0.2, -0.15) is 4.98 Å². The number of carbonyl (C=O) groups excluding carboxylic acids is 1. The monoisotopic (exact) mass is 380 g/mol. The summed E-state index contributed by atoms with van der Waals surface area (Å²) in [6.07, 6.45) is 1.95. The zero-order chi connectivity index (χ0) is 19.3. The lowest BCUT2D eigenvalue weighted by atomic mass is 10.1. The number of halogens is 2. The van der Waals surface area contributed by atoms with E-state index in [1.807, 2.05) is 30.5 Å². The van der Waals surface area contributed by atoms with Gasteiger partial charge in [0.05, 0.1) is 5.69 Å². The predicted molar refractivity (Wildman–Crippen MR) is 97.7 cm³/mol. The molecule has 140 valence electrons. The molecule has 28 heavy (non-hydrogen) atoms. The van der Waals surface area contributed by atoms with E-state index in [2.05, 4.69) is 15.1 Å². The number of amides is 1. The molecular formula is C20H14F2N4O2. The number of hydrogen-bond acceptors (Lipinski definition) is 4. The molecule has 0 radical (unpaired) electrons. The third kappa shape index (κ3) is 2.74. The Morgan fingerprint density at radius 2 is 2.04 bits per heavy atom. The number of anilines is 1. The van der Waals surface area contributed by atoms with E-state index in [1.165, 1.54) is 4.90 Å². The Kier molecular flexibility index (Phi) is 3.71. The molecule has 0 spiro atoms. The summed E-state index contributed by atoms with van der Waals surface area (Å²) in [5.74, 6) is -1.21. The fourth-order valence-electron chi connectivity index (χ4n) is 3.50. The summed E-state index contributed by atoms with van der Waals surface area (Å²) in [5, 5.41) is 5.07. The molecule has 1 fully saturated rings. The number of aromatic nitrogens is 3. The summed E-state index contributed by atoms with van der Waals surface area (Å²) in [7, 11) is 0. The Balaban J connectivity index is 1.41. The van der Waals surface area contributed by atoms with E-state index >= 15 is 0 Å². The predicted octanol–water partition coefficient (Wildman–Crippen LogP) is 4.02. The van der Waals surface area contributed by atoms with Crippen LogP contribution in [0.2, 0.25) is 0 Å². The van der Waals surface area contributed by atoms with Crippen molar-refractivity contribution in [3.8, 4) is 11.5 Å². The molecule has 1 atom stereocenters. The second kappa shape index (κ2) is 6.26. The molecule has 0 saturated carbocycles. The summed E-state index contributed by atoms with van der Waals surface area (Å²) in [6, 6.07) is 10.7. The van der Waals surface area contributed by atoms with Crippen molar-refractivity contribution in [3.63, 3.8) is 0 Å². The Labute approximate surface area is 157 Å². The van der Waals surface area contributed by atoms with Crippen molar-refractivity contribution in [2.75, 3.05) is 11.4 Å². The molecule has 1 unspecified atom stereocenters. The molecule has 2 aromatic carbocycles. The number of rotatable bonds is 3. The van der Waals surface area contributed by atoms with Crippen LogP contribution in [0.4, 0.5) is 14.5 Å². The van der Waals surface area contributed by atoms with E-state index < -0.39 is 11.6 Å². The van der Waals surface area contributed by atoms with Crippen molar-refractivity contribution in [3.05, 3.63) is 66.1 Å². The second-order valence-corrected chi connectivity index (χ2v) is 6.74. The third-order valence-corrected chi connectivity index (χ3v) is 4.93. The maximum atomic E-state index is 14.0. The van der Waals surface area contributed by atoms with Gasteiger partial charge in [-0.05, 0) is 35.7 Å². The molecule has 0 bridgehead atoms. The van der Waals surface area contributed by atoms with E-state index in [0.717, 1.165) is 34.7 Å².